The largest absolute Gasteiger partial charge is 0.394 e. The molecule has 0 rings (SSSR count). The van der Waals surface area contributed by atoms with Crippen LogP contribution in [-0.2, 0) is 19.2 Å². The van der Waals surface area contributed by atoms with Gasteiger partial charge in [-0.15, -0.1) is 0 Å². The Hall–Kier alpha value is -2.76. The second-order valence-corrected chi connectivity index (χ2v) is 10.1. The van der Waals surface area contributed by atoms with E-state index in [9.17, 15) is 24.3 Å². The molecule has 0 fully saturated rings. The van der Waals surface area contributed by atoms with E-state index in [-0.39, 0.29) is 11.8 Å². The number of nitrogens with zero attached hydrogens (tertiary/aromatic N) is 1. The molecule has 0 aromatic heterocycles. The van der Waals surface area contributed by atoms with E-state index in [4.69, 9.17) is 11.5 Å². The van der Waals surface area contributed by atoms with Crippen LogP contribution in [0.3, 0.4) is 0 Å². The minimum atomic E-state index is -1.11. The molecule has 0 aromatic carbocycles. The molecule has 4 amide bonds. The van der Waals surface area contributed by atoms with Gasteiger partial charge in [-0.1, -0.05) is 44.6 Å². The van der Waals surface area contributed by atoms with Gasteiger partial charge in [0.15, 0.2) is 0 Å². The van der Waals surface area contributed by atoms with Crippen molar-refractivity contribution in [1.82, 2.24) is 20.9 Å². The number of carbonyl (C=O) groups excluding carboxylic acids is 4. The predicted molar refractivity (Wildman–Crippen MR) is 164 cm³/mol. The van der Waals surface area contributed by atoms with Gasteiger partial charge in [-0.3, -0.25) is 19.2 Å². The Morgan fingerprint density at radius 2 is 1.37 bits per heavy atom. The highest BCUT2D eigenvalue weighted by Crippen LogP contribution is 2.04. The molecule has 0 aromatic rings. The van der Waals surface area contributed by atoms with Crippen LogP contribution in [0, 0.1) is 0 Å². The second-order valence-electron chi connectivity index (χ2n) is 10.1. The summed E-state index contributed by atoms with van der Waals surface area (Å²) >= 11 is 0. The summed E-state index contributed by atoms with van der Waals surface area (Å²) in [6.07, 6.45) is 15.9. The fourth-order valence-corrected chi connectivity index (χ4v) is 3.98. The van der Waals surface area contributed by atoms with Gasteiger partial charge in [-0.2, -0.15) is 0 Å². The number of hydrogen-bond donors (Lipinski definition) is 6. The van der Waals surface area contributed by atoms with Crippen LogP contribution in [0.25, 0.3) is 0 Å². The molecule has 0 unspecified atom stereocenters. The van der Waals surface area contributed by atoms with Crippen LogP contribution in [0.4, 0.5) is 0 Å². The van der Waals surface area contributed by atoms with E-state index in [1.807, 2.05) is 38.2 Å². The molecule has 41 heavy (non-hydrogen) atoms. The maximum Gasteiger partial charge on any atom is 0.247 e. The maximum absolute atomic E-state index is 13.3. The number of nitrogens with one attached hydrogen (secondary N) is 3. The predicted octanol–water partition coefficient (Wildman–Crippen LogP) is 1.64. The van der Waals surface area contributed by atoms with Crippen molar-refractivity contribution in [2.24, 2.45) is 11.5 Å². The molecule has 0 saturated carbocycles. The topological polar surface area (TPSA) is 180 Å². The van der Waals surface area contributed by atoms with Gasteiger partial charge < -0.3 is 37.4 Å². The molecule has 0 aliphatic carbocycles. The SMILES string of the molecule is CCC=CCCC(=O)NCCCCN(CCCNC(=O)CCC=CCC)C(=O)[C@H](CO)NC(=O)[C@H](N)CCCCN. The first-order chi connectivity index (χ1) is 19.8. The Bertz CT molecular complexity index is 789. The van der Waals surface area contributed by atoms with Gasteiger partial charge in [0.2, 0.25) is 23.6 Å². The van der Waals surface area contributed by atoms with Crippen LogP contribution in [0.2, 0.25) is 0 Å². The van der Waals surface area contributed by atoms with Gasteiger partial charge in [-0.25, -0.2) is 0 Å². The maximum atomic E-state index is 13.3. The third-order valence-corrected chi connectivity index (χ3v) is 6.40. The van der Waals surface area contributed by atoms with Crippen LogP contribution >= 0.6 is 0 Å². The highest BCUT2D eigenvalue weighted by molar-refractivity contribution is 5.89. The third kappa shape index (κ3) is 20.7. The van der Waals surface area contributed by atoms with Crippen molar-refractivity contribution in [3.8, 4) is 0 Å². The summed E-state index contributed by atoms with van der Waals surface area (Å²) in [7, 11) is 0. The molecule has 236 valence electrons. The first kappa shape index (κ1) is 38.2. The van der Waals surface area contributed by atoms with Crippen molar-refractivity contribution < 1.29 is 24.3 Å². The minimum absolute atomic E-state index is 0.00882. The molecule has 0 bridgehead atoms. The van der Waals surface area contributed by atoms with Crippen molar-refractivity contribution in [3.05, 3.63) is 24.3 Å². The number of nitrogens with two attached hydrogens (primary N) is 2. The molecule has 0 saturated heterocycles. The molecular formula is C30H56N6O5. The van der Waals surface area contributed by atoms with E-state index in [1.165, 1.54) is 0 Å². The van der Waals surface area contributed by atoms with Crippen molar-refractivity contribution in [3.63, 3.8) is 0 Å². The number of aliphatic hydroxyl groups excluding tert-OH is 1. The number of unbranched alkanes of at least 4 members (excludes halogenated alkanes) is 2. The van der Waals surface area contributed by atoms with Gasteiger partial charge in [0.1, 0.15) is 6.04 Å². The fourth-order valence-electron chi connectivity index (χ4n) is 3.98. The summed E-state index contributed by atoms with van der Waals surface area (Å²) in [6, 6.07) is -1.90. The summed E-state index contributed by atoms with van der Waals surface area (Å²) in [6.45, 7) is 5.68. The van der Waals surface area contributed by atoms with E-state index in [0.29, 0.717) is 90.5 Å². The van der Waals surface area contributed by atoms with E-state index in [2.05, 4.69) is 16.0 Å². The lowest BCUT2D eigenvalue weighted by Crippen LogP contribution is -2.54. The average molecular weight is 581 g/mol. The standard InChI is InChI=1S/C30H56N6O5/c1-3-5-7-9-17-27(38)33-20-13-14-22-36(23-15-21-34-28(39)18-10-8-6-4-2)30(41)26(24-37)35-29(40)25(32)16-11-12-19-31/h5-8,25-26,37H,3-4,9-24,31-32H2,1-2H3,(H,33,38)(H,34,39)(H,35,40)/t25-,26+/m1/s1. The number of amides is 4. The van der Waals surface area contributed by atoms with Gasteiger partial charge in [-0.05, 0) is 64.3 Å². The lowest BCUT2D eigenvalue weighted by molar-refractivity contribution is -0.138. The average Bonchev–Trinajstić information content (AvgIpc) is 2.96. The van der Waals surface area contributed by atoms with Crippen molar-refractivity contribution >= 4 is 23.6 Å². The Balaban J connectivity index is 4.91. The zero-order chi connectivity index (χ0) is 30.7. The summed E-state index contributed by atoms with van der Waals surface area (Å²) in [5, 5.41) is 18.3. The van der Waals surface area contributed by atoms with Gasteiger partial charge in [0.05, 0.1) is 12.6 Å². The summed E-state index contributed by atoms with van der Waals surface area (Å²) in [5.74, 6) is -0.952. The van der Waals surface area contributed by atoms with Crippen LogP contribution in [-0.4, -0.2) is 85.0 Å². The molecule has 0 heterocycles. The molecule has 2 atom stereocenters. The van der Waals surface area contributed by atoms with Crippen LogP contribution in [0.15, 0.2) is 24.3 Å². The Morgan fingerprint density at radius 1 is 0.805 bits per heavy atom. The monoisotopic (exact) mass is 580 g/mol. The number of allylic oxidation sites excluding steroid dienone is 4. The van der Waals surface area contributed by atoms with Gasteiger partial charge in [0, 0.05) is 39.0 Å². The molecule has 0 spiro atoms. The normalized spacial score (nSPS) is 12.8. The molecular weight excluding hydrogens is 524 g/mol. The smallest absolute Gasteiger partial charge is 0.247 e. The van der Waals surface area contributed by atoms with Gasteiger partial charge in [0.25, 0.3) is 0 Å². The van der Waals surface area contributed by atoms with E-state index < -0.39 is 30.5 Å². The lowest BCUT2D eigenvalue weighted by atomic mass is 10.1. The number of hydrogen-bond acceptors (Lipinski definition) is 7. The van der Waals surface area contributed by atoms with Crippen LogP contribution in [0.5, 0.6) is 0 Å². The number of rotatable bonds is 25. The zero-order valence-corrected chi connectivity index (χ0v) is 25.4. The fraction of sp³-hybridized carbons (Fsp3) is 0.733. The Labute approximate surface area is 246 Å². The Morgan fingerprint density at radius 3 is 1.90 bits per heavy atom. The van der Waals surface area contributed by atoms with Crippen molar-refractivity contribution in [2.75, 3.05) is 39.3 Å². The third-order valence-electron chi connectivity index (χ3n) is 6.40. The molecule has 0 radical (unpaired) electrons. The van der Waals surface area contributed by atoms with Gasteiger partial charge >= 0.3 is 0 Å². The van der Waals surface area contributed by atoms with Crippen LogP contribution < -0.4 is 27.4 Å². The second kappa shape index (κ2) is 26.2. The summed E-state index contributed by atoms with van der Waals surface area (Å²) in [5.41, 5.74) is 11.5. The Kier molecular flexibility index (Phi) is 24.4. The summed E-state index contributed by atoms with van der Waals surface area (Å²) in [4.78, 5) is 51.4. The molecule has 11 heteroatoms. The molecule has 0 aliphatic rings. The minimum Gasteiger partial charge on any atom is -0.394 e. The zero-order valence-electron chi connectivity index (χ0n) is 25.4. The van der Waals surface area contributed by atoms with Crippen molar-refractivity contribution in [2.45, 2.75) is 103 Å². The highest BCUT2D eigenvalue weighted by Gasteiger charge is 2.27. The number of aliphatic hydroxyl groups is 1. The van der Waals surface area contributed by atoms with E-state index >= 15 is 0 Å². The quantitative estimate of drug-likeness (QED) is 0.0701. The molecule has 8 N–H and O–H groups in total. The first-order valence-electron chi connectivity index (χ1n) is 15.3. The number of carbonyl (C=O) groups is 4. The summed E-state index contributed by atoms with van der Waals surface area (Å²) < 4.78 is 0. The lowest BCUT2D eigenvalue weighted by Gasteiger charge is -2.28. The molecule has 11 nitrogen and oxygen atoms in total. The van der Waals surface area contributed by atoms with Crippen LogP contribution in [0.1, 0.15) is 90.9 Å². The van der Waals surface area contributed by atoms with E-state index in [1.54, 1.807) is 4.90 Å². The van der Waals surface area contributed by atoms with Crippen molar-refractivity contribution in [1.29, 1.82) is 0 Å². The highest BCUT2D eigenvalue weighted by atomic mass is 16.3. The van der Waals surface area contributed by atoms with E-state index in [0.717, 1.165) is 19.3 Å². The molecule has 0 aliphatic heterocycles. The first-order valence-corrected chi connectivity index (χ1v) is 15.3.